The van der Waals surface area contributed by atoms with Gasteiger partial charge in [-0.25, -0.2) is 0 Å². The van der Waals surface area contributed by atoms with E-state index in [-0.39, 0.29) is 5.54 Å². The summed E-state index contributed by atoms with van der Waals surface area (Å²) in [7, 11) is 0. The summed E-state index contributed by atoms with van der Waals surface area (Å²) in [6, 6.07) is 0. The first kappa shape index (κ1) is 25.7. The first-order valence-corrected chi connectivity index (χ1v) is 11.9. The minimum absolute atomic E-state index is 0.0543. The lowest BCUT2D eigenvalue weighted by molar-refractivity contribution is 0.504. The van der Waals surface area contributed by atoms with Gasteiger partial charge in [-0.2, -0.15) is 0 Å². The Morgan fingerprint density at radius 1 is 0.615 bits per heavy atom. The average Bonchev–Trinajstić information content (AvgIpc) is 2.56. The lowest BCUT2D eigenvalue weighted by Crippen LogP contribution is -2.46. The first-order chi connectivity index (χ1) is 12.5. The minimum Gasteiger partial charge on any atom is -0.363 e. The fourth-order valence-electron chi connectivity index (χ4n) is 3.26. The molecule has 26 heavy (non-hydrogen) atoms. The number of hydrogen-bond donors (Lipinski definition) is 2. The molecular formula is C23H48N2S. The summed E-state index contributed by atoms with van der Waals surface area (Å²) >= 11 is 5.29. The van der Waals surface area contributed by atoms with E-state index in [0.29, 0.717) is 0 Å². The quantitative estimate of drug-likeness (QED) is 0.200. The molecule has 0 aromatic rings. The third-order valence-electron chi connectivity index (χ3n) is 4.80. The number of thiocarbonyl (C=S) groups is 1. The molecule has 0 fully saturated rings. The van der Waals surface area contributed by atoms with Gasteiger partial charge in [0.25, 0.3) is 0 Å². The Kier molecular flexibility index (Phi) is 17.9. The highest BCUT2D eigenvalue weighted by Gasteiger charge is 2.09. The number of nitrogens with one attached hydrogen (secondary N) is 2. The molecule has 0 aliphatic heterocycles. The van der Waals surface area contributed by atoms with E-state index in [0.717, 1.165) is 11.7 Å². The summed E-state index contributed by atoms with van der Waals surface area (Å²) in [5.74, 6) is 0. The summed E-state index contributed by atoms with van der Waals surface area (Å²) in [5, 5.41) is 7.39. The molecule has 0 unspecified atom stereocenters. The van der Waals surface area contributed by atoms with Crippen LogP contribution in [0.1, 0.15) is 130 Å². The van der Waals surface area contributed by atoms with Crippen molar-refractivity contribution in [1.29, 1.82) is 0 Å². The summed E-state index contributed by atoms with van der Waals surface area (Å²) in [5.41, 5.74) is 0.0543. The molecule has 0 amide bonds. The smallest absolute Gasteiger partial charge is 0.166 e. The Morgan fingerprint density at radius 3 is 1.31 bits per heavy atom. The van der Waals surface area contributed by atoms with Crippen LogP contribution in [0.3, 0.4) is 0 Å². The Bertz CT molecular complexity index is 310. The highest BCUT2D eigenvalue weighted by Crippen LogP contribution is 2.13. The monoisotopic (exact) mass is 384 g/mol. The summed E-state index contributed by atoms with van der Waals surface area (Å²) < 4.78 is 0. The maximum atomic E-state index is 5.29. The van der Waals surface area contributed by atoms with Crippen molar-refractivity contribution >= 4 is 17.3 Å². The Morgan fingerprint density at radius 2 is 0.962 bits per heavy atom. The topological polar surface area (TPSA) is 24.1 Å². The van der Waals surface area contributed by atoms with Crippen LogP contribution in [0.4, 0.5) is 0 Å². The van der Waals surface area contributed by atoms with E-state index in [1.807, 2.05) is 0 Å². The van der Waals surface area contributed by atoms with Crippen LogP contribution in [0.2, 0.25) is 0 Å². The first-order valence-electron chi connectivity index (χ1n) is 11.5. The molecule has 0 heterocycles. The van der Waals surface area contributed by atoms with Crippen LogP contribution >= 0.6 is 12.2 Å². The second-order valence-electron chi connectivity index (χ2n) is 8.93. The van der Waals surface area contributed by atoms with E-state index in [1.165, 1.54) is 103 Å². The zero-order valence-electron chi connectivity index (χ0n) is 18.4. The van der Waals surface area contributed by atoms with Gasteiger partial charge in [-0.3, -0.25) is 0 Å². The fourth-order valence-corrected chi connectivity index (χ4v) is 3.67. The number of unbranched alkanes of at least 4 members (excludes halogenated alkanes) is 15. The van der Waals surface area contributed by atoms with Crippen molar-refractivity contribution in [1.82, 2.24) is 10.6 Å². The van der Waals surface area contributed by atoms with Gasteiger partial charge in [-0.1, -0.05) is 103 Å². The van der Waals surface area contributed by atoms with Crippen molar-refractivity contribution in [2.45, 2.75) is 136 Å². The van der Waals surface area contributed by atoms with E-state index in [9.17, 15) is 0 Å². The van der Waals surface area contributed by atoms with Gasteiger partial charge < -0.3 is 10.6 Å². The largest absolute Gasteiger partial charge is 0.363 e. The molecule has 0 atom stereocenters. The van der Waals surface area contributed by atoms with Gasteiger partial charge in [0.05, 0.1) is 0 Å². The minimum atomic E-state index is 0.0543. The van der Waals surface area contributed by atoms with E-state index in [1.54, 1.807) is 0 Å². The predicted molar refractivity (Wildman–Crippen MR) is 123 cm³/mol. The van der Waals surface area contributed by atoms with Crippen molar-refractivity contribution in [3.63, 3.8) is 0 Å². The SMILES string of the molecule is CCCCCCCCCCCCCCCCCCNC(=S)NC(C)(C)C. The second-order valence-corrected chi connectivity index (χ2v) is 9.34. The van der Waals surface area contributed by atoms with Gasteiger partial charge in [-0.05, 0) is 39.4 Å². The third-order valence-corrected chi connectivity index (χ3v) is 5.05. The van der Waals surface area contributed by atoms with Crippen LogP contribution < -0.4 is 10.6 Å². The number of rotatable bonds is 17. The van der Waals surface area contributed by atoms with Crippen LogP contribution in [-0.4, -0.2) is 17.2 Å². The van der Waals surface area contributed by atoms with Gasteiger partial charge >= 0.3 is 0 Å². The van der Waals surface area contributed by atoms with Gasteiger partial charge in [0.15, 0.2) is 5.11 Å². The normalized spacial score (nSPS) is 11.5. The maximum Gasteiger partial charge on any atom is 0.166 e. The number of hydrogen-bond acceptors (Lipinski definition) is 1. The molecule has 0 rings (SSSR count). The fraction of sp³-hybridized carbons (Fsp3) is 0.957. The molecule has 2 N–H and O–H groups in total. The zero-order valence-corrected chi connectivity index (χ0v) is 19.2. The van der Waals surface area contributed by atoms with Gasteiger partial charge in [-0.15, -0.1) is 0 Å². The molecule has 3 heteroatoms. The van der Waals surface area contributed by atoms with E-state index < -0.39 is 0 Å². The molecule has 0 saturated heterocycles. The van der Waals surface area contributed by atoms with E-state index in [2.05, 4.69) is 38.3 Å². The Labute approximate surface area is 170 Å². The van der Waals surface area contributed by atoms with E-state index in [4.69, 9.17) is 12.2 Å². The zero-order chi connectivity index (χ0) is 19.5. The summed E-state index contributed by atoms with van der Waals surface area (Å²) in [6.07, 6.45) is 22.7. The lowest BCUT2D eigenvalue weighted by atomic mass is 10.0. The molecule has 0 aromatic carbocycles. The van der Waals surface area contributed by atoms with Gasteiger partial charge in [0.2, 0.25) is 0 Å². The molecule has 0 radical (unpaired) electrons. The van der Waals surface area contributed by atoms with Crippen molar-refractivity contribution in [3.05, 3.63) is 0 Å². The molecule has 0 spiro atoms. The lowest BCUT2D eigenvalue weighted by Gasteiger charge is -2.23. The van der Waals surface area contributed by atoms with Gasteiger partial charge in [0.1, 0.15) is 0 Å². The predicted octanol–water partition coefficient (Wildman–Crippen LogP) is 7.51. The van der Waals surface area contributed by atoms with Crippen LogP contribution in [-0.2, 0) is 0 Å². The molecular weight excluding hydrogens is 336 g/mol. The van der Waals surface area contributed by atoms with Crippen LogP contribution in [0.5, 0.6) is 0 Å². The van der Waals surface area contributed by atoms with Crippen LogP contribution in [0.15, 0.2) is 0 Å². The molecule has 0 bridgehead atoms. The van der Waals surface area contributed by atoms with Crippen LogP contribution in [0.25, 0.3) is 0 Å². The molecule has 0 aromatic heterocycles. The van der Waals surface area contributed by atoms with Crippen molar-refractivity contribution < 1.29 is 0 Å². The van der Waals surface area contributed by atoms with Crippen molar-refractivity contribution in [2.75, 3.05) is 6.54 Å². The maximum absolute atomic E-state index is 5.29. The van der Waals surface area contributed by atoms with Crippen molar-refractivity contribution in [2.24, 2.45) is 0 Å². The highest BCUT2D eigenvalue weighted by molar-refractivity contribution is 7.80. The van der Waals surface area contributed by atoms with Gasteiger partial charge in [0, 0.05) is 12.1 Å². The summed E-state index contributed by atoms with van der Waals surface area (Å²) in [4.78, 5) is 0. The van der Waals surface area contributed by atoms with E-state index >= 15 is 0 Å². The third kappa shape index (κ3) is 21.7. The molecule has 2 nitrogen and oxygen atoms in total. The highest BCUT2D eigenvalue weighted by atomic mass is 32.1. The standard InChI is InChI=1S/C23H48N2S/c1-5-6-7-8-9-10-11-12-13-14-15-16-17-18-19-20-21-24-22(26)25-23(2,3)4/h5-21H2,1-4H3,(H2,24,25,26). The molecule has 0 aliphatic carbocycles. The molecule has 0 saturated carbocycles. The second kappa shape index (κ2) is 18.1. The Balaban J connectivity index is 3.12. The molecule has 0 aliphatic rings. The molecule has 156 valence electrons. The van der Waals surface area contributed by atoms with Crippen molar-refractivity contribution in [3.8, 4) is 0 Å². The Hall–Kier alpha value is -0.310. The average molecular weight is 385 g/mol. The summed E-state index contributed by atoms with van der Waals surface area (Å²) in [6.45, 7) is 9.70. The van der Waals surface area contributed by atoms with Crippen LogP contribution in [0, 0.1) is 0 Å².